The van der Waals surface area contributed by atoms with E-state index in [4.69, 9.17) is 0 Å². The highest BCUT2D eigenvalue weighted by molar-refractivity contribution is 7.19. The Labute approximate surface area is 140 Å². The topological polar surface area (TPSA) is 54.7 Å². The van der Waals surface area contributed by atoms with Crippen LogP contribution in [-0.2, 0) is 6.54 Å². The summed E-state index contributed by atoms with van der Waals surface area (Å²) in [5.41, 5.74) is 3.05. The fourth-order valence-electron chi connectivity index (χ4n) is 3.12. The van der Waals surface area contributed by atoms with Crippen LogP contribution in [0.15, 0.2) is 54.6 Å². The van der Waals surface area contributed by atoms with Crippen LogP contribution in [0.2, 0.25) is 0 Å². The van der Waals surface area contributed by atoms with Crippen molar-refractivity contribution in [2.75, 3.05) is 0 Å². The van der Waals surface area contributed by atoms with Gasteiger partial charge >= 0.3 is 0 Å². The second kappa shape index (κ2) is 4.75. The molecule has 0 saturated heterocycles. The van der Waals surface area contributed by atoms with Gasteiger partial charge in [0.25, 0.3) is 11.8 Å². The number of aromatic nitrogens is 2. The van der Waals surface area contributed by atoms with Crippen LogP contribution in [-0.4, -0.2) is 26.1 Å². The molecule has 3 heterocycles. The van der Waals surface area contributed by atoms with Crippen molar-refractivity contribution >= 4 is 39.1 Å². The maximum Gasteiger partial charge on any atom is 0.279 e. The van der Waals surface area contributed by atoms with E-state index < -0.39 is 0 Å². The van der Waals surface area contributed by atoms with Gasteiger partial charge in [-0.3, -0.25) is 18.9 Å². The standard InChI is InChI=1S/C18H11N3O2S/c22-16-14-15(17(23)20(16)10-11-6-2-1-3-7-11)24-18-19-12-8-4-5-9-13(12)21(14)18/h1-9H,10H2. The zero-order valence-corrected chi connectivity index (χ0v) is 13.3. The second-order valence-electron chi connectivity index (χ2n) is 5.68. The van der Waals surface area contributed by atoms with E-state index in [-0.39, 0.29) is 18.4 Å². The van der Waals surface area contributed by atoms with Crippen LogP contribution in [0, 0.1) is 0 Å². The highest BCUT2D eigenvalue weighted by Crippen LogP contribution is 2.34. The Hall–Kier alpha value is -2.99. The van der Waals surface area contributed by atoms with Crippen LogP contribution in [0.5, 0.6) is 0 Å². The number of para-hydroxylation sites is 2. The summed E-state index contributed by atoms with van der Waals surface area (Å²) in [5.74, 6) is -0.494. The third-order valence-corrected chi connectivity index (χ3v) is 5.26. The largest absolute Gasteiger partial charge is 0.279 e. The number of amides is 2. The van der Waals surface area contributed by atoms with E-state index in [0.717, 1.165) is 16.6 Å². The fourth-order valence-corrected chi connectivity index (χ4v) is 4.20. The average molecular weight is 333 g/mol. The molecule has 0 unspecified atom stereocenters. The number of imidazole rings is 1. The Morgan fingerprint density at radius 1 is 0.917 bits per heavy atom. The highest BCUT2D eigenvalue weighted by atomic mass is 32.1. The first-order valence-corrected chi connectivity index (χ1v) is 8.36. The number of benzene rings is 2. The SMILES string of the molecule is O=C1c2sc3nc4ccccc4n3c2C(=O)N1Cc1ccccc1. The molecule has 0 radical (unpaired) electrons. The molecule has 5 nitrogen and oxygen atoms in total. The lowest BCUT2D eigenvalue weighted by atomic mass is 10.2. The molecule has 24 heavy (non-hydrogen) atoms. The summed E-state index contributed by atoms with van der Waals surface area (Å²) >= 11 is 1.28. The summed E-state index contributed by atoms with van der Waals surface area (Å²) in [5, 5.41) is 0. The minimum atomic E-state index is -0.256. The molecule has 1 aliphatic heterocycles. The third kappa shape index (κ3) is 1.71. The smallest absolute Gasteiger partial charge is 0.277 e. The van der Waals surface area contributed by atoms with Gasteiger partial charge in [0.05, 0.1) is 17.6 Å². The minimum Gasteiger partial charge on any atom is -0.277 e. The second-order valence-corrected chi connectivity index (χ2v) is 6.66. The van der Waals surface area contributed by atoms with Crippen molar-refractivity contribution in [1.82, 2.24) is 14.3 Å². The Morgan fingerprint density at radius 2 is 1.67 bits per heavy atom. The monoisotopic (exact) mass is 333 g/mol. The van der Waals surface area contributed by atoms with Gasteiger partial charge in [-0.05, 0) is 17.7 Å². The molecule has 6 heteroatoms. The first-order chi connectivity index (χ1) is 11.7. The Bertz CT molecular complexity index is 1130. The first-order valence-electron chi connectivity index (χ1n) is 7.54. The van der Waals surface area contributed by atoms with Crippen molar-refractivity contribution in [2.24, 2.45) is 0 Å². The van der Waals surface area contributed by atoms with Gasteiger partial charge in [-0.15, -0.1) is 0 Å². The fraction of sp³-hybridized carbons (Fsp3) is 0.0556. The quantitative estimate of drug-likeness (QED) is 0.529. The van der Waals surface area contributed by atoms with E-state index in [1.54, 1.807) is 4.40 Å². The van der Waals surface area contributed by atoms with Gasteiger partial charge in [-0.2, -0.15) is 0 Å². The first kappa shape index (κ1) is 13.4. The zero-order valence-electron chi connectivity index (χ0n) is 12.5. The molecule has 0 atom stereocenters. The van der Waals surface area contributed by atoms with Gasteiger partial charge in [0.2, 0.25) is 0 Å². The number of thiazole rings is 1. The van der Waals surface area contributed by atoms with Gasteiger partial charge in [-0.25, -0.2) is 4.98 Å². The molecule has 2 aromatic carbocycles. The predicted octanol–water partition coefficient (Wildman–Crippen LogP) is 3.35. The molecule has 4 aromatic rings. The number of hydrogen-bond acceptors (Lipinski definition) is 4. The number of imide groups is 1. The Kier molecular flexibility index (Phi) is 2.66. The highest BCUT2D eigenvalue weighted by Gasteiger charge is 2.40. The molecular weight excluding hydrogens is 322 g/mol. The van der Waals surface area contributed by atoms with Crippen molar-refractivity contribution in [3.63, 3.8) is 0 Å². The Morgan fingerprint density at radius 3 is 2.50 bits per heavy atom. The van der Waals surface area contributed by atoms with Gasteiger partial charge < -0.3 is 0 Å². The van der Waals surface area contributed by atoms with Gasteiger partial charge in [0, 0.05) is 0 Å². The van der Waals surface area contributed by atoms with Gasteiger partial charge in [-0.1, -0.05) is 53.8 Å². The third-order valence-electron chi connectivity index (χ3n) is 4.23. The van der Waals surface area contributed by atoms with Crippen LogP contribution in [0.4, 0.5) is 0 Å². The molecule has 0 aliphatic carbocycles. The van der Waals surface area contributed by atoms with Gasteiger partial charge in [0.15, 0.2) is 4.96 Å². The summed E-state index contributed by atoms with van der Waals surface area (Å²) in [4.78, 5) is 32.6. The molecule has 5 rings (SSSR count). The maximum absolute atomic E-state index is 12.9. The predicted molar refractivity (Wildman–Crippen MR) is 91.2 cm³/mol. The molecule has 0 fully saturated rings. The molecule has 0 N–H and O–H groups in total. The lowest BCUT2D eigenvalue weighted by molar-refractivity contribution is 0.0641. The zero-order chi connectivity index (χ0) is 16.3. The van der Waals surface area contributed by atoms with Crippen LogP contribution < -0.4 is 0 Å². The molecule has 1 aliphatic rings. The van der Waals surface area contributed by atoms with Crippen molar-refractivity contribution in [2.45, 2.75) is 6.54 Å². The Balaban J connectivity index is 1.66. The summed E-state index contributed by atoms with van der Waals surface area (Å²) in [6, 6.07) is 17.2. The molecular formula is C18H11N3O2S. The average Bonchev–Trinajstić information content (AvgIpc) is 3.21. The van der Waals surface area contributed by atoms with Crippen molar-refractivity contribution in [1.29, 1.82) is 0 Å². The maximum atomic E-state index is 12.9. The van der Waals surface area contributed by atoms with Gasteiger partial charge in [0.1, 0.15) is 10.6 Å². The van der Waals surface area contributed by atoms with Crippen LogP contribution in [0.25, 0.3) is 16.0 Å². The van der Waals surface area contributed by atoms with Crippen LogP contribution in [0.3, 0.4) is 0 Å². The molecule has 0 spiro atoms. The lowest BCUT2D eigenvalue weighted by Gasteiger charge is -2.13. The summed E-state index contributed by atoms with van der Waals surface area (Å²) in [6.07, 6.45) is 0. The van der Waals surface area contributed by atoms with E-state index in [1.165, 1.54) is 16.2 Å². The summed E-state index contributed by atoms with van der Waals surface area (Å²) < 4.78 is 1.81. The van der Waals surface area contributed by atoms with E-state index >= 15 is 0 Å². The molecule has 2 amide bonds. The van der Waals surface area contributed by atoms with E-state index in [9.17, 15) is 9.59 Å². The van der Waals surface area contributed by atoms with E-state index in [2.05, 4.69) is 4.98 Å². The van der Waals surface area contributed by atoms with E-state index in [1.807, 2.05) is 54.6 Å². The molecule has 2 aromatic heterocycles. The number of fused-ring (bicyclic) bond motifs is 5. The number of rotatable bonds is 2. The number of carbonyl (C=O) groups is 2. The summed E-state index contributed by atoms with van der Waals surface area (Å²) in [6.45, 7) is 0.286. The number of nitrogens with zero attached hydrogens (tertiary/aromatic N) is 3. The molecule has 0 bridgehead atoms. The minimum absolute atomic E-state index is 0.238. The van der Waals surface area contributed by atoms with Crippen molar-refractivity contribution in [3.8, 4) is 0 Å². The molecule has 0 saturated carbocycles. The number of hydrogen-bond donors (Lipinski definition) is 0. The normalized spacial score (nSPS) is 14.1. The van der Waals surface area contributed by atoms with Crippen LogP contribution >= 0.6 is 11.3 Å². The lowest BCUT2D eigenvalue weighted by Crippen LogP contribution is -2.29. The van der Waals surface area contributed by atoms with Crippen molar-refractivity contribution < 1.29 is 9.59 Å². The van der Waals surface area contributed by atoms with Crippen LogP contribution in [0.1, 0.15) is 25.7 Å². The van der Waals surface area contributed by atoms with E-state index in [0.29, 0.717) is 15.5 Å². The molecule has 116 valence electrons. The van der Waals surface area contributed by atoms with Crippen molar-refractivity contribution in [3.05, 3.63) is 70.7 Å². The summed E-state index contributed by atoms with van der Waals surface area (Å²) in [7, 11) is 0. The number of carbonyl (C=O) groups excluding carboxylic acids is 2.